The number of β-amino-alcohol motifs (C(OH)–C–C–N with tert-alkyl or cyclic N) is 1. The highest BCUT2D eigenvalue weighted by Crippen LogP contribution is 2.29. The van der Waals surface area contributed by atoms with E-state index in [0.29, 0.717) is 29.8 Å². The van der Waals surface area contributed by atoms with Crippen LogP contribution < -0.4 is 9.47 Å². The molecule has 6 nitrogen and oxygen atoms in total. The fourth-order valence-electron chi connectivity index (χ4n) is 4.61. The lowest BCUT2D eigenvalue weighted by atomic mass is 9.93. The standard InChI is InChI=1S/C28H36ClN3O3/c1-21(2)27-30-12-14-32(27)15-16-34-24-8-6-23(7-9-24)18-31-13-4-11-28(33,19-31)20-35-26-17-22(3)5-10-25(26)29/h5-10,12,14,17,21,33H,4,11,13,15-16,18-20H2,1-3H3/t28-/m1/s1. The molecule has 1 fully saturated rings. The van der Waals surface area contributed by atoms with Gasteiger partial charge in [-0.25, -0.2) is 4.98 Å². The number of aromatic nitrogens is 2. The average molecular weight is 498 g/mol. The number of ether oxygens (including phenoxy) is 2. The van der Waals surface area contributed by atoms with Crippen LogP contribution in [0.4, 0.5) is 0 Å². The highest BCUT2D eigenvalue weighted by Gasteiger charge is 2.34. The molecule has 0 spiro atoms. The van der Waals surface area contributed by atoms with Gasteiger partial charge in [-0.2, -0.15) is 0 Å². The van der Waals surface area contributed by atoms with Crippen molar-refractivity contribution in [3.63, 3.8) is 0 Å². The molecule has 1 N–H and O–H groups in total. The van der Waals surface area contributed by atoms with Crippen molar-refractivity contribution in [2.75, 3.05) is 26.3 Å². The van der Waals surface area contributed by atoms with Gasteiger partial charge in [-0.05, 0) is 61.7 Å². The Morgan fingerprint density at radius 2 is 1.94 bits per heavy atom. The maximum atomic E-state index is 11.2. The van der Waals surface area contributed by atoms with Gasteiger partial charge in [0, 0.05) is 31.4 Å². The number of benzene rings is 2. The van der Waals surface area contributed by atoms with E-state index in [1.807, 2.05) is 49.6 Å². The van der Waals surface area contributed by atoms with Crippen molar-refractivity contribution >= 4 is 11.6 Å². The lowest BCUT2D eigenvalue weighted by molar-refractivity contribution is -0.0620. The third-order valence-electron chi connectivity index (χ3n) is 6.41. The van der Waals surface area contributed by atoms with E-state index in [9.17, 15) is 5.11 Å². The number of aliphatic hydroxyl groups is 1. The maximum Gasteiger partial charge on any atom is 0.138 e. The molecule has 0 bridgehead atoms. The normalized spacial score (nSPS) is 18.7. The maximum absolute atomic E-state index is 11.2. The SMILES string of the molecule is Cc1ccc(Cl)c(OC[C@@]2(O)CCCN(Cc3ccc(OCCn4ccnc4C(C)C)cc3)C2)c1. The predicted molar refractivity (Wildman–Crippen MR) is 139 cm³/mol. The van der Waals surface area contributed by atoms with E-state index in [1.54, 1.807) is 0 Å². The second-order valence-corrected chi connectivity index (χ2v) is 10.3. The van der Waals surface area contributed by atoms with Gasteiger partial charge >= 0.3 is 0 Å². The fourth-order valence-corrected chi connectivity index (χ4v) is 4.79. The van der Waals surface area contributed by atoms with E-state index in [-0.39, 0.29) is 6.61 Å². The molecule has 1 aromatic heterocycles. The van der Waals surface area contributed by atoms with Gasteiger partial charge in [-0.1, -0.05) is 43.6 Å². The summed E-state index contributed by atoms with van der Waals surface area (Å²) < 4.78 is 14.0. The topological polar surface area (TPSA) is 59.8 Å². The lowest BCUT2D eigenvalue weighted by Crippen LogP contribution is -2.51. The summed E-state index contributed by atoms with van der Waals surface area (Å²) >= 11 is 6.25. The summed E-state index contributed by atoms with van der Waals surface area (Å²) in [7, 11) is 0. The Morgan fingerprint density at radius 1 is 1.14 bits per heavy atom. The summed E-state index contributed by atoms with van der Waals surface area (Å²) in [6.45, 7) is 10.2. The molecule has 1 aliphatic heterocycles. The number of piperidine rings is 1. The Balaban J connectivity index is 1.26. The molecular weight excluding hydrogens is 462 g/mol. The molecule has 0 amide bonds. The van der Waals surface area contributed by atoms with E-state index < -0.39 is 5.60 Å². The number of hydrogen-bond donors (Lipinski definition) is 1. The molecule has 2 heterocycles. The number of hydrogen-bond acceptors (Lipinski definition) is 5. The zero-order chi connectivity index (χ0) is 24.8. The number of halogens is 1. The number of rotatable bonds is 10. The monoisotopic (exact) mass is 497 g/mol. The van der Waals surface area contributed by atoms with E-state index in [0.717, 1.165) is 49.6 Å². The Hall–Kier alpha value is -2.54. The van der Waals surface area contributed by atoms with Crippen LogP contribution in [-0.4, -0.2) is 51.5 Å². The van der Waals surface area contributed by atoms with Gasteiger partial charge in [-0.3, -0.25) is 4.90 Å². The molecule has 0 unspecified atom stereocenters. The summed E-state index contributed by atoms with van der Waals surface area (Å²) in [4.78, 5) is 6.71. The average Bonchev–Trinajstić information content (AvgIpc) is 3.30. The summed E-state index contributed by atoms with van der Waals surface area (Å²) in [6.07, 6.45) is 5.49. The smallest absolute Gasteiger partial charge is 0.138 e. The molecule has 0 saturated carbocycles. The van der Waals surface area contributed by atoms with Crippen LogP contribution in [0.15, 0.2) is 54.9 Å². The van der Waals surface area contributed by atoms with Gasteiger partial charge in [0.25, 0.3) is 0 Å². The third-order valence-corrected chi connectivity index (χ3v) is 6.72. The number of nitrogens with zero attached hydrogens (tertiary/aromatic N) is 3. The second kappa shape index (κ2) is 11.5. The number of imidazole rings is 1. The Bertz CT molecular complexity index is 1100. The minimum Gasteiger partial charge on any atom is -0.492 e. The molecule has 1 saturated heterocycles. The van der Waals surface area contributed by atoms with E-state index >= 15 is 0 Å². The molecule has 1 aliphatic rings. The van der Waals surface area contributed by atoms with Gasteiger partial charge < -0.3 is 19.1 Å². The van der Waals surface area contributed by atoms with Crippen molar-refractivity contribution < 1.29 is 14.6 Å². The Labute approximate surface area is 213 Å². The van der Waals surface area contributed by atoms with Crippen molar-refractivity contribution in [1.29, 1.82) is 0 Å². The van der Waals surface area contributed by atoms with Crippen LogP contribution in [-0.2, 0) is 13.1 Å². The van der Waals surface area contributed by atoms with Crippen LogP contribution in [0.3, 0.4) is 0 Å². The van der Waals surface area contributed by atoms with Gasteiger partial charge in [0.2, 0.25) is 0 Å². The van der Waals surface area contributed by atoms with Crippen molar-refractivity contribution in [2.24, 2.45) is 0 Å². The molecule has 0 radical (unpaired) electrons. The minimum atomic E-state index is -0.892. The second-order valence-electron chi connectivity index (χ2n) is 9.89. The molecule has 1 atom stereocenters. The fraction of sp³-hybridized carbons (Fsp3) is 0.464. The molecule has 0 aliphatic carbocycles. The van der Waals surface area contributed by atoms with Crippen molar-refractivity contribution in [2.45, 2.75) is 58.2 Å². The summed E-state index contributed by atoms with van der Waals surface area (Å²) in [5.41, 5.74) is 1.38. The minimum absolute atomic E-state index is 0.231. The quantitative estimate of drug-likeness (QED) is 0.403. The largest absolute Gasteiger partial charge is 0.492 e. The predicted octanol–water partition coefficient (Wildman–Crippen LogP) is 5.45. The number of aryl methyl sites for hydroxylation is 1. The first-order chi connectivity index (χ1) is 16.8. The van der Waals surface area contributed by atoms with Gasteiger partial charge in [0.15, 0.2) is 0 Å². The van der Waals surface area contributed by atoms with Crippen molar-refractivity contribution in [3.05, 3.63) is 76.8 Å². The van der Waals surface area contributed by atoms with Crippen LogP contribution in [0.5, 0.6) is 11.5 Å². The van der Waals surface area contributed by atoms with Crippen LogP contribution in [0.25, 0.3) is 0 Å². The highest BCUT2D eigenvalue weighted by atomic mass is 35.5. The molecule has 188 valence electrons. The van der Waals surface area contributed by atoms with E-state index in [2.05, 4.69) is 40.4 Å². The van der Waals surface area contributed by atoms with Crippen LogP contribution in [0.2, 0.25) is 5.02 Å². The molecule has 35 heavy (non-hydrogen) atoms. The zero-order valence-corrected chi connectivity index (χ0v) is 21.7. The molecule has 7 heteroatoms. The first-order valence-corrected chi connectivity index (χ1v) is 12.8. The van der Waals surface area contributed by atoms with Gasteiger partial charge in [-0.15, -0.1) is 0 Å². The van der Waals surface area contributed by atoms with Crippen molar-refractivity contribution in [3.8, 4) is 11.5 Å². The van der Waals surface area contributed by atoms with Gasteiger partial charge in [0.05, 0.1) is 11.6 Å². The highest BCUT2D eigenvalue weighted by molar-refractivity contribution is 6.32. The zero-order valence-electron chi connectivity index (χ0n) is 20.9. The molecule has 4 rings (SSSR count). The molecule has 3 aromatic rings. The summed E-state index contributed by atoms with van der Waals surface area (Å²) in [5.74, 6) is 2.96. The van der Waals surface area contributed by atoms with Crippen molar-refractivity contribution in [1.82, 2.24) is 14.5 Å². The van der Waals surface area contributed by atoms with Crippen LogP contribution in [0.1, 0.15) is 49.6 Å². The van der Waals surface area contributed by atoms with Gasteiger partial charge in [0.1, 0.15) is 36.1 Å². The Morgan fingerprint density at radius 3 is 2.71 bits per heavy atom. The summed E-state index contributed by atoms with van der Waals surface area (Å²) in [5, 5.41) is 11.7. The number of likely N-dealkylation sites (tertiary alicyclic amines) is 1. The summed E-state index contributed by atoms with van der Waals surface area (Å²) in [6, 6.07) is 13.9. The van der Waals surface area contributed by atoms with E-state index in [1.165, 1.54) is 5.56 Å². The van der Waals surface area contributed by atoms with Crippen LogP contribution >= 0.6 is 11.6 Å². The third kappa shape index (κ3) is 7.00. The lowest BCUT2D eigenvalue weighted by Gasteiger charge is -2.39. The molecule has 2 aromatic carbocycles. The first kappa shape index (κ1) is 25.5. The van der Waals surface area contributed by atoms with E-state index in [4.69, 9.17) is 21.1 Å². The Kier molecular flexibility index (Phi) is 8.37. The van der Waals surface area contributed by atoms with Crippen LogP contribution in [0, 0.1) is 6.92 Å². The molecular formula is C28H36ClN3O3. The first-order valence-electron chi connectivity index (χ1n) is 12.4.